The Morgan fingerprint density at radius 3 is 2.06 bits per heavy atom. The minimum absolute atomic E-state index is 0.00555. The molecule has 2 amide bonds. The van der Waals surface area contributed by atoms with Crippen molar-refractivity contribution in [2.24, 2.45) is 0 Å². The van der Waals surface area contributed by atoms with Gasteiger partial charge in [-0.15, -0.1) is 0 Å². The fourth-order valence-electron chi connectivity index (χ4n) is 3.49. The average molecular weight is 466 g/mol. The van der Waals surface area contributed by atoms with Crippen molar-refractivity contribution in [3.63, 3.8) is 0 Å². The predicted octanol–water partition coefficient (Wildman–Crippen LogP) is 2.53. The van der Waals surface area contributed by atoms with E-state index in [1.54, 1.807) is 30.3 Å². The largest absolute Gasteiger partial charge is 0.335 e. The third kappa shape index (κ3) is 6.78. The van der Waals surface area contributed by atoms with Crippen LogP contribution in [-0.4, -0.2) is 35.5 Å². The first-order valence-corrected chi connectivity index (χ1v) is 13.2. The Morgan fingerprint density at radius 2 is 1.42 bits per heavy atom. The summed E-state index contributed by atoms with van der Waals surface area (Å²) in [7, 11) is -7.57. The summed E-state index contributed by atoms with van der Waals surface area (Å²) >= 11 is 0. The molecular weight excluding hydrogens is 438 g/mol. The van der Waals surface area contributed by atoms with Gasteiger partial charge in [0.1, 0.15) is 0 Å². The molecule has 0 saturated heterocycles. The van der Waals surface area contributed by atoms with Crippen molar-refractivity contribution in [1.29, 1.82) is 0 Å². The lowest BCUT2D eigenvalue weighted by Gasteiger charge is -2.22. The van der Waals surface area contributed by atoms with E-state index in [0.717, 1.165) is 37.7 Å². The molecular formula is C21H27N3O5S2. The Balaban J connectivity index is 1.52. The first-order chi connectivity index (χ1) is 14.8. The molecule has 0 bridgehead atoms. The number of rotatable bonds is 8. The quantitative estimate of drug-likeness (QED) is 0.553. The van der Waals surface area contributed by atoms with Crippen molar-refractivity contribution in [2.45, 2.75) is 54.4 Å². The van der Waals surface area contributed by atoms with E-state index in [0.29, 0.717) is 6.42 Å². The van der Waals surface area contributed by atoms with Crippen molar-refractivity contribution in [1.82, 2.24) is 14.8 Å². The second-order valence-corrected chi connectivity index (χ2v) is 11.0. The van der Waals surface area contributed by atoms with Gasteiger partial charge in [0.15, 0.2) is 0 Å². The van der Waals surface area contributed by atoms with Crippen LogP contribution in [0.4, 0.5) is 4.79 Å². The number of hydrogen-bond donors (Lipinski definition) is 3. The van der Waals surface area contributed by atoms with E-state index in [9.17, 15) is 21.6 Å². The number of benzene rings is 2. The summed E-state index contributed by atoms with van der Waals surface area (Å²) in [6, 6.07) is 13.4. The molecule has 3 rings (SSSR count). The van der Waals surface area contributed by atoms with Crippen molar-refractivity contribution < 1.29 is 21.6 Å². The second kappa shape index (κ2) is 10.3. The zero-order valence-corrected chi connectivity index (χ0v) is 18.7. The second-order valence-electron chi connectivity index (χ2n) is 7.52. The van der Waals surface area contributed by atoms with Crippen LogP contribution in [0.3, 0.4) is 0 Å². The molecule has 0 aromatic heterocycles. The van der Waals surface area contributed by atoms with Gasteiger partial charge < -0.3 is 5.32 Å². The average Bonchev–Trinajstić information content (AvgIpc) is 2.75. The smallest absolute Gasteiger partial charge is 0.328 e. The van der Waals surface area contributed by atoms with Gasteiger partial charge in [0, 0.05) is 12.6 Å². The molecule has 0 unspecified atom stereocenters. The molecule has 3 N–H and O–H groups in total. The predicted molar refractivity (Wildman–Crippen MR) is 118 cm³/mol. The minimum Gasteiger partial charge on any atom is -0.335 e. The Bertz CT molecular complexity index is 1080. The monoisotopic (exact) mass is 465 g/mol. The molecule has 2 aromatic carbocycles. The fourth-order valence-corrected chi connectivity index (χ4v) is 5.46. The van der Waals surface area contributed by atoms with Gasteiger partial charge in [0.25, 0.3) is 10.0 Å². The maximum atomic E-state index is 12.4. The highest BCUT2D eigenvalue weighted by atomic mass is 32.2. The van der Waals surface area contributed by atoms with E-state index in [1.807, 2.05) is 0 Å². The van der Waals surface area contributed by atoms with Crippen molar-refractivity contribution in [3.8, 4) is 0 Å². The van der Waals surface area contributed by atoms with Crippen LogP contribution in [0, 0.1) is 0 Å². The maximum Gasteiger partial charge on any atom is 0.328 e. The van der Waals surface area contributed by atoms with Gasteiger partial charge in [-0.1, -0.05) is 49.6 Å². The Morgan fingerprint density at radius 1 is 0.806 bits per heavy atom. The summed E-state index contributed by atoms with van der Waals surface area (Å²) in [6.45, 7) is 0.172. The van der Waals surface area contributed by atoms with Gasteiger partial charge in [-0.25, -0.2) is 31.1 Å². The van der Waals surface area contributed by atoms with E-state index < -0.39 is 26.1 Å². The number of carbonyl (C=O) groups excluding carboxylic acids is 1. The molecule has 168 valence electrons. The van der Waals surface area contributed by atoms with E-state index in [2.05, 4.69) is 14.8 Å². The van der Waals surface area contributed by atoms with E-state index in [1.165, 1.54) is 24.3 Å². The first kappa shape index (κ1) is 23.2. The molecule has 31 heavy (non-hydrogen) atoms. The highest BCUT2D eigenvalue weighted by molar-refractivity contribution is 7.90. The number of urea groups is 1. The molecule has 8 nitrogen and oxygen atoms in total. The lowest BCUT2D eigenvalue weighted by molar-refractivity contribution is 0.237. The Labute approximate surface area is 183 Å². The number of sulfonamides is 2. The molecule has 0 heterocycles. The topological polar surface area (TPSA) is 121 Å². The summed E-state index contributed by atoms with van der Waals surface area (Å²) in [5.74, 6) is 0. The summed E-state index contributed by atoms with van der Waals surface area (Å²) in [5.41, 5.74) is 0.765. The molecule has 0 radical (unpaired) electrons. The first-order valence-electron chi connectivity index (χ1n) is 10.2. The zero-order chi connectivity index (χ0) is 22.3. The highest BCUT2D eigenvalue weighted by Crippen LogP contribution is 2.17. The zero-order valence-electron chi connectivity index (χ0n) is 17.1. The van der Waals surface area contributed by atoms with Crippen LogP contribution in [0.5, 0.6) is 0 Å². The summed E-state index contributed by atoms with van der Waals surface area (Å²) in [5, 5.41) is 2.72. The number of amides is 2. The van der Waals surface area contributed by atoms with Crippen LogP contribution in [0.2, 0.25) is 0 Å². The van der Waals surface area contributed by atoms with Gasteiger partial charge in [-0.2, -0.15) is 0 Å². The Hall–Kier alpha value is -2.43. The molecule has 1 aliphatic carbocycles. The highest BCUT2D eigenvalue weighted by Gasteiger charge is 2.21. The van der Waals surface area contributed by atoms with Gasteiger partial charge in [-0.3, -0.25) is 0 Å². The number of hydrogen-bond acceptors (Lipinski definition) is 5. The third-order valence-electron chi connectivity index (χ3n) is 5.16. The van der Waals surface area contributed by atoms with Crippen LogP contribution < -0.4 is 14.8 Å². The summed E-state index contributed by atoms with van der Waals surface area (Å²) < 4.78 is 53.9. The van der Waals surface area contributed by atoms with Crippen LogP contribution in [0.25, 0.3) is 0 Å². The minimum atomic E-state index is -3.98. The van der Waals surface area contributed by atoms with Crippen molar-refractivity contribution >= 4 is 26.1 Å². The molecule has 10 heteroatoms. The van der Waals surface area contributed by atoms with Crippen LogP contribution in [0.1, 0.15) is 37.7 Å². The van der Waals surface area contributed by atoms with Gasteiger partial charge in [-0.05, 0) is 49.1 Å². The molecule has 1 aliphatic rings. The van der Waals surface area contributed by atoms with Crippen molar-refractivity contribution in [3.05, 3.63) is 60.2 Å². The summed E-state index contributed by atoms with van der Waals surface area (Å²) in [6.07, 6.45) is 5.30. The normalized spacial score (nSPS) is 15.4. The lowest BCUT2D eigenvalue weighted by Crippen LogP contribution is -2.45. The van der Waals surface area contributed by atoms with Crippen LogP contribution in [-0.2, 0) is 26.5 Å². The van der Waals surface area contributed by atoms with E-state index >= 15 is 0 Å². The van der Waals surface area contributed by atoms with E-state index in [4.69, 9.17) is 0 Å². The molecule has 2 aromatic rings. The van der Waals surface area contributed by atoms with E-state index in [-0.39, 0.29) is 22.4 Å². The lowest BCUT2D eigenvalue weighted by atomic mass is 9.96. The molecule has 1 fully saturated rings. The standard InChI is InChI=1S/C21H27N3O5S2/c25-21(23-18-7-3-1-4-8-18)24-31(28,29)20-13-11-17(12-14-20)15-16-22-30(26,27)19-9-5-2-6-10-19/h2,5-6,9-14,18,22H,1,3-4,7-8,15-16H2,(H2,23,24,25). The number of carbonyl (C=O) groups is 1. The van der Waals surface area contributed by atoms with Gasteiger partial charge >= 0.3 is 6.03 Å². The Kier molecular flexibility index (Phi) is 7.69. The fraction of sp³-hybridized carbons (Fsp3) is 0.381. The summed E-state index contributed by atoms with van der Waals surface area (Å²) in [4.78, 5) is 12.2. The molecule has 0 spiro atoms. The third-order valence-corrected chi connectivity index (χ3v) is 7.98. The molecule has 0 atom stereocenters. The van der Waals surface area contributed by atoms with Gasteiger partial charge in [0.2, 0.25) is 10.0 Å². The van der Waals surface area contributed by atoms with Crippen LogP contribution in [0.15, 0.2) is 64.4 Å². The maximum absolute atomic E-state index is 12.4. The SMILES string of the molecule is O=C(NC1CCCCC1)NS(=O)(=O)c1ccc(CCNS(=O)(=O)c2ccccc2)cc1. The molecule has 0 aliphatic heterocycles. The molecule has 1 saturated carbocycles. The van der Waals surface area contributed by atoms with Crippen LogP contribution >= 0.6 is 0 Å². The number of nitrogens with one attached hydrogen (secondary N) is 3. The van der Waals surface area contributed by atoms with Gasteiger partial charge in [0.05, 0.1) is 9.79 Å². The van der Waals surface area contributed by atoms with Crippen molar-refractivity contribution in [2.75, 3.05) is 6.54 Å².